The Hall–Kier alpha value is -1.13. The molecule has 1 saturated carbocycles. The Morgan fingerprint density at radius 3 is 2.76 bits per heavy atom. The van der Waals surface area contributed by atoms with E-state index in [1.807, 2.05) is 5.38 Å². The van der Waals surface area contributed by atoms with E-state index in [4.69, 9.17) is 5.11 Å². The van der Waals surface area contributed by atoms with Gasteiger partial charge in [0.05, 0.1) is 0 Å². The SMILES string of the molecule is CN(Cc1cc(/C=C/C(=O)O)cs1)C1CCC(C)(C)CC1. The Labute approximate surface area is 131 Å². The molecule has 4 heteroatoms. The van der Waals surface area contributed by atoms with Gasteiger partial charge in [-0.1, -0.05) is 13.8 Å². The minimum absolute atomic E-state index is 0.509. The van der Waals surface area contributed by atoms with Gasteiger partial charge in [-0.3, -0.25) is 4.90 Å². The van der Waals surface area contributed by atoms with E-state index in [1.165, 1.54) is 36.6 Å². The van der Waals surface area contributed by atoms with Gasteiger partial charge in [-0.25, -0.2) is 4.79 Å². The first-order valence-electron chi connectivity index (χ1n) is 7.54. The lowest BCUT2D eigenvalue weighted by Crippen LogP contribution is -2.36. The van der Waals surface area contributed by atoms with E-state index in [0.29, 0.717) is 11.5 Å². The lowest BCUT2D eigenvalue weighted by atomic mass is 9.75. The minimum atomic E-state index is -0.898. The average molecular weight is 307 g/mol. The lowest BCUT2D eigenvalue weighted by Gasteiger charge is -2.38. The van der Waals surface area contributed by atoms with Gasteiger partial charge in [-0.15, -0.1) is 11.3 Å². The van der Waals surface area contributed by atoms with Crippen LogP contribution in [0.3, 0.4) is 0 Å². The Bertz CT molecular complexity index is 509. The zero-order valence-electron chi connectivity index (χ0n) is 13.1. The van der Waals surface area contributed by atoms with Gasteiger partial charge in [0.2, 0.25) is 0 Å². The number of nitrogens with zero attached hydrogens (tertiary/aromatic N) is 1. The van der Waals surface area contributed by atoms with Crippen molar-refractivity contribution in [3.63, 3.8) is 0 Å². The second-order valence-electron chi connectivity index (χ2n) is 6.83. The summed E-state index contributed by atoms with van der Waals surface area (Å²) in [6.45, 7) is 5.68. The van der Waals surface area contributed by atoms with Crippen LogP contribution in [-0.4, -0.2) is 29.1 Å². The molecular weight excluding hydrogens is 282 g/mol. The van der Waals surface area contributed by atoms with E-state index in [9.17, 15) is 4.79 Å². The molecule has 0 unspecified atom stereocenters. The Morgan fingerprint density at radius 2 is 2.14 bits per heavy atom. The molecule has 0 saturated heterocycles. The number of thiophene rings is 1. The average Bonchev–Trinajstić information content (AvgIpc) is 2.83. The topological polar surface area (TPSA) is 40.5 Å². The van der Waals surface area contributed by atoms with Crippen LogP contribution in [-0.2, 0) is 11.3 Å². The van der Waals surface area contributed by atoms with Crippen LogP contribution in [0.5, 0.6) is 0 Å². The highest BCUT2D eigenvalue weighted by molar-refractivity contribution is 7.10. The molecule has 21 heavy (non-hydrogen) atoms. The van der Waals surface area contributed by atoms with Crippen LogP contribution < -0.4 is 0 Å². The molecule has 116 valence electrons. The highest BCUT2D eigenvalue weighted by atomic mass is 32.1. The quantitative estimate of drug-likeness (QED) is 0.827. The number of hydrogen-bond acceptors (Lipinski definition) is 3. The van der Waals surface area contributed by atoms with E-state index in [0.717, 1.165) is 12.1 Å². The largest absolute Gasteiger partial charge is 0.478 e. The van der Waals surface area contributed by atoms with Gasteiger partial charge in [0.25, 0.3) is 0 Å². The van der Waals surface area contributed by atoms with Crippen LogP contribution in [0.1, 0.15) is 50.0 Å². The van der Waals surface area contributed by atoms with Crippen LogP contribution in [0.4, 0.5) is 0 Å². The maximum atomic E-state index is 10.5. The molecule has 1 aromatic heterocycles. The van der Waals surface area contributed by atoms with Gasteiger partial charge in [-0.05, 0) is 61.2 Å². The summed E-state index contributed by atoms with van der Waals surface area (Å²) in [5, 5.41) is 10.7. The van der Waals surface area contributed by atoms with E-state index in [2.05, 4.69) is 31.9 Å². The minimum Gasteiger partial charge on any atom is -0.478 e. The molecule has 0 aliphatic heterocycles. The smallest absolute Gasteiger partial charge is 0.328 e. The van der Waals surface area contributed by atoms with Crippen LogP contribution in [0, 0.1) is 5.41 Å². The third kappa shape index (κ3) is 4.97. The van der Waals surface area contributed by atoms with E-state index >= 15 is 0 Å². The summed E-state index contributed by atoms with van der Waals surface area (Å²) in [7, 11) is 2.20. The van der Waals surface area contributed by atoms with Gasteiger partial charge in [0, 0.05) is 23.5 Å². The molecule has 0 bridgehead atoms. The highest BCUT2D eigenvalue weighted by Crippen LogP contribution is 2.37. The molecule has 1 heterocycles. The van der Waals surface area contributed by atoms with Gasteiger partial charge in [0.15, 0.2) is 0 Å². The van der Waals surface area contributed by atoms with Crippen LogP contribution >= 0.6 is 11.3 Å². The molecule has 0 spiro atoms. The molecule has 0 amide bonds. The summed E-state index contributed by atoms with van der Waals surface area (Å²) >= 11 is 1.71. The predicted octanol–water partition coefficient (Wildman–Crippen LogP) is 4.25. The second kappa shape index (κ2) is 6.75. The number of carboxylic acids is 1. The van der Waals surface area contributed by atoms with Crippen molar-refractivity contribution in [1.29, 1.82) is 0 Å². The molecule has 1 aliphatic rings. The van der Waals surface area contributed by atoms with Gasteiger partial charge in [-0.2, -0.15) is 0 Å². The molecule has 1 N–H and O–H groups in total. The van der Waals surface area contributed by atoms with Crippen molar-refractivity contribution in [3.8, 4) is 0 Å². The summed E-state index contributed by atoms with van der Waals surface area (Å²) in [6.07, 6.45) is 8.02. The monoisotopic (exact) mass is 307 g/mol. The number of carbonyl (C=O) groups is 1. The van der Waals surface area contributed by atoms with Crippen molar-refractivity contribution in [2.45, 2.75) is 52.1 Å². The third-order valence-corrected chi connectivity index (χ3v) is 5.37. The van der Waals surface area contributed by atoms with Crippen LogP contribution in [0.15, 0.2) is 17.5 Å². The Balaban J connectivity index is 1.88. The zero-order valence-corrected chi connectivity index (χ0v) is 13.9. The Kier molecular flexibility index (Phi) is 5.22. The van der Waals surface area contributed by atoms with Crippen molar-refractivity contribution in [3.05, 3.63) is 28.0 Å². The molecular formula is C17H25NO2S. The first kappa shape index (κ1) is 16.2. The van der Waals surface area contributed by atoms with E-state index in [-0.39, 0.29) is 0 Å². The normalized spacial score (nSPS) is 19.4. The summed E-state index contributed by atoms with van der Waals surface area (Å²) < 4.78 is 0. The van der Waals surface area contributed by atoms with Gasteiger partial charge < -0.3 is 5.11 Å². The Morgan fingerprint density at radius 1 is 1.48 bits per heavy atom. The van der Waals surface area contributed by atoms with E-state index in [1.54, 1.807) is 17.4 Å². The van der Waals surface area contributed by atoms with Crippen molar-refractivity contribution in [1.82, 2.24) is 4.90 Å². The first-order chi connectivity index (χ1) is 9.85. The zero-order chi connectivity index (χ0) is 15.5. The molecule has 0 aromatic carbocycles. The maximum absolute atomic E-state index is 10.5. The molecule has 0 radical (unpaired) electrons. The summed E-state index contributed by atoms with van der Waals surface area (Å²) in [5.74, 6) is -0.898. The fraction of sp³-hybridized carbons (Fsp3) is 0.588. The van der Waals surface area contributed by atoms with Crippen LogP contribution in [0.25, 0.3) is 6.08 Å². The first-order valence-corrected chi connectivity index (χ1v) is 8.42. The molecule has 2 rings (SSSR count). The van der Waals surface area contributed by atoms with Crippen molar-refractivity contribution < 1.29 is 9.90 Å². The van der Waals surface area contributed by atoms with Gasteiger partial charge in [0.1, 0.15) is 0 Å². The molecule has 3 nitrogen and oxygen atoms in total. The van der Waals surface area contributed by atoms with Crippen molar-refractivity contribution in [2.24, 2.45) is 5.41 Å². The number of rotatable bonds is 5. The fourth-order valence-corrected chi connectivity index (χ4v) is 3.85. The summed E-state index contributed by atoms with van der Waals surface area (Å²) in [5.41, 5.74) is 1.49. The number of carboxylic acid groups (broad SMARTS) is 1. The van der Waals surface area contributed by atoms with Gasteiger partial charge >= 0.3 is 5.97 Å². The predicted molar refractivity (Wildman–Crippen MR) is 88.5 cm³/mol. The molecule has 1 aromatic rings. The molecule has 0 atom stereocenters. The molecule has 1 aliphatic carbocycles. The standard InChI is InChI=1S/C17H25NO2S/c1-17(2)8-6-14(7-9-17)18(3)11-15-10-13(12-21-15)4-5-16(19)20/h4-5,10,12,14H,6-9,11H2,1-3H3,(H,19,20)/b5-4+. The van der Waals surface area contributed by atoms with E-state index < -0.39 is 5.97 Å². The van der Waals surface area contributed by atoms with Crippen molar-refractivity contribution in [2.75, 3.05) is 7.05 Å². The second-order valence-corrected chi connectivity index (χ2v) is 7.82. The third-order valence-electron chi connectivity index (χ3n) is 4.43. The maximum Gasteiger partial charge on any atom is 0.328 e. The number of hydrogen-bond donors (Lipinski definition) is 1. The summed E-state index contributed by atoms with van der Waals surface area (Å²) in [4.78, 5) is 14.3. The number of aliphatic carboxylic acids is 1. The molecule has 1 fully saturated rings. The fourth-order valence-electron chi connectivity index (χ4n) is 2.94. The van der Waals surface area contributed by atoms with Crippen molar-refractivity contribution >= 4 is 23.4 Å². The summed E-state index contributed by atoms with van der Waals surface area (Å²) in [6, 6.07) is 2.77. The lowest BCUT2D eigenvalue weighted by molar-refractivity contribution is -0.131. The van der Waals surface area contributed by atoms with Crippen LogP contribution in [0.2, 0.25) is 0 Å². The highest BCUT2D eigenvalue weighted by Gasteiger charge is 2.28.